The minimum absolute atomic E-state index is 1.21. The van der Waals surface area contributed by atoms with E-state index in [2.05, 4.69) is 205 Å². The summed E-state index contributed by atoms with van der Waals surface area (Å²) >= 11 is 0. The van der Waals surface area contributed by atoms with Crippen molar-refractivity contribution < 1.29 is 0 Å². The van der Waals surface area contributed by atoms with E-state index in [9.17, 15) is 0 Å². The molecule has 0 spiro atoms. The van der Waals surface area contributed by atoms with E-state index in [1.807, 2.05) is 0 Å². The summed E-state index contributed by atoms with van der Waals surface area (Å²) in [6, 6.07) is 75.7. The van der Waals surface area contributed by atoms with Crippen LogP contribution in [0.15, 0.2) is 200 Å². The van der Waals surface area contributed by atoms with Crippen LogP contribution in [0.5, 0.6) is 0 Å². The molecule has 1 nitrogen and oxygen atoms in total. The molecule has 0 radical (unpaired) electrons. The van der Waals surface area contributed by atoms with E-state index >= 15 is 0 Å². The van der Waals surface area contributed by atoms with E-state index < -0.39 is 0 Å². The molecule has 1 aromatic heterocycles. The molecule has 0 fully saturated rings. The molecule has 0 amide bonds. The number of fused-ring (bicyclic) bond motifs is 3. The fourth-order valence-electron chi connectivity index (χ4n) is 11.6. The van der Waals surface area contributed by atoms with Crippen molar-refractivity contribution in [2.45, 2.75) is 0 Å². The minimum Gasteiger partial charge on any atom is -0.309 e. The Morgan fingerprint density at radius 2 is 0.574 bits per heavy atom. The smallest absolute Gasteiger partial charge is 0.0548 e. The molecule has 0 N–H and O–H groups in total. The standard InChI is InChI=1S/C60H33N/c1-2-12-41-40(7-1)33-54(47-14-4-3-13-42(41)47)61-52-31-29-45(43-23-19-38-17-15-34-8-5-10-36-21-25-48(43)57(38)55(34)36)50-27-28-51-46(30-32-53(61)60(51)59(50)52)44-24-20-39-18-16-35-9-6-11-37-22-26-49(44)58(39)56(35)37/h1-33H. The van der Waals surface area contributed by atoms with Gasteiger partial charge in [-0.25, -0.2) is 0 Å². The van der Waals surface area contributed by atoms with E-state index in [1.165, 1.54) is 147 Å². The van der Waals surface area contributed by atoms with E-state index in [0.717, 1.165) is 0 Å². The lowest BCUT2D eigenvalue weighted by Gasteiger charge is -2.17. The van der Waals surface area contributed by atoms with Crippen LogP contribution in [-0.2, 0) is 0 Å². The first-order valence-electron chi connectivity index (χ1n) is 21.3. The van der Waals surface area contributed by atoms with Crippen LogP contribution in [0, 0.1) is 0 Å². The van der Waals surface area contributed by atoms with Gasteiger partial charge >= 0.3 is 0 Å². The topological polar surface area (TPSA) is 4.93 Å². The SMILES string of the molecule is c1ccc2c(c1)cc(-n1c3ccc(-c4ccc5ccc6cccc7ccc4c5c67)c4ccc5c(-c6ccc7ccc8cccc9ccc6c7c89)ccc1c5c43)c1ccccc12. The zero-order valence-corrected chi connectivity index (χ0v) is 33.0. The monoisotopic (exact) mass is 767 g/mol. The Bertz CT molecular complexity index is 4080. The van der Waals surface area contributed by atoms with Crippen molar-refractivity contribution in [3.8, 4) is 27.9 Å². The molecule has 14 aromatic carbocycles. The van der Waals surface area contributed by atoms with Gasteiger partial charge in [0.05, 0.1) is 16.7 Å². The summed E-state index contributed by atoms with van der Waals surface area (Å²) in [4.78, 5) is 0. The van der Waals surface area contributed by atoms with Crippen molar-refractivity contribution >= 4 is 119 Å². The van der Waals surface area contributed by atoms with Crippen LogP contribution in [0.2, 0.25) is 0 Å². The second-order valence-corrected chi connectivity index (χ2v) is 17.1. The van der Waals surface area contributed by atoms with E-state index in [0.29, 0.717) is 0 Å². The van der Waals surface area contributed by atoms with Crippen LogP contribution in [0.3, 0.4) is 0 Å². The summed E-state index contributed by atoms with van der Waals surface area (Å²) in [6.07, 6.45) is 0. The number of nitrogens with zero attached hydrogens (tertiary/aromatic N) is 1. The first-order chi connectivity index (χ1) is 30.3. The first kappa shape index (κ1) is 31.9. The van der Waals surface area contributed by atoms with Gasteiger partial charge in [0, 0.05) is 16.2 Å². The van der Waals surface area contributed by atoms with Crippen molar-refractivity contribution in [2.75, 3.05) is 0 Å². The number of aromatic nitrogens is 1. The van der Waals surface area contributed by atoms with Gasteiger partial charge < -0.3 is 4.57 Å². The lowest BCUT2D eigenvalue weighted by atomic mass is 9.86. The molecule has 0 unspecified atom stereocenters. The highest BCUT2D eigenvalue weighted by Gasteiger charge is 2.24. The number of hydrogen-bond donors (Lipinski definition) is 0. The van der Waals surface area contributed by atoms with Crippen molar-refractivity contribution in [1.82, 2.24) is 4.57 Å². The van der Waals surface area contributed by atoms with Gasteiger partial charge in [-0.2, -0.15) is 0 Å². The highest BCUT2D eigenvalue weighted by atomic mass is 15.0. The molecule has 1 heterocycles. The van der Waals surface area contributed by atoms with Gasteiger partial charge in [-0.1, -0.05) is 182 Å². The Balaban J connectivity index is 1.08. The Morgan fingerprint density at radius 3 is 1.10 bits per heavy atom. The molecule has 0 aliphatic carbocycles. The average Bonchev–Trinajstić information content (AvgIpc) is 3.66. The molecule has 0 aliphatic rings. The van der Waals surface area contributed by atoms with E-state index in [1.54, 1.807) is 0 Å². The summed E-state index contributed by atoms with van der Waals surface area (Å²) in [5.41, 5.74) is 8.74. The predicted octanol–water partition coefficient (Wildman–Crippen LogP) is 16.8. The average molecular weight is 768 g/mol. The Kier molecular flexibility index (Phi) is 5.96. The van der Waals surface area contributed by atoms with Crippen LogP contribution in [0.1, 0.15) is 0 Å². The number of hydrogen-bond acceptors (Lipinski definition) is 0. The first-order valence-corrected chi connectivity index (χ1v) is 21.3. The molecule has 15 rings (SSSR count). The van der Waals surface area contributed by atoms with Gasteiger partial charge in [0.25, 0.3) is 0 Å². The van der Waals surface area contributed by atoms with E-state index in [4.69, 9.17) is 0 Å². The highest BCUT2D eigenvalue weighted by molar-refractivity contribution is 6.33. The van der Waals surface area contributed by atoms with Crippen molar-refractivity contribution in [1.29, 1.82) is 0 Å². The Labute approximate surface area is 349 Å². The number of benzene rings is 14. The third-order valence-electron chi connectivity index (χ3n) is 14.2. The maximum absolute atomic E-state index is 2.56. The predicted molar refractivity (Wildman–Crippen MR) is 263 cm³/mol. The second kappa shape index (κ2) is 11.4. The van der Waals surface area contributed by atoms with Crippen molar-refractivity contribution in [3.63, 3.8) is 0 Å². The lowest BCUT2D eigenvalue weighted by Crippen LogP contribution is -1.96. The molecular weight excluding hydrogens is 735 g/mol. The molecule has 1 heteroatoms. The van der Waals surface area contributed by atoms with Crippen molar-refractivity contribution in [2.24, 2.45) is 0 Å². The summed E-state index contributed by atoms with van der Waals surface area (Å²) in [6.45, 7) is 0. The van der Waals surface area contributed by atoms with Gasteiger partial charge in [-0.3, -0.25) is 0 Å². The molecule has 15 aromatic rings. The molecular formula is C60H33N. The molecule has 0 bridgehead atoms. The van der Waals surface area contributed by atoms with Crippen LogP contribution in [0.4, 0.5) is 0 Å². The quantitative estimate of drug-likeness (QED) is 0.158. The Hall–Kier alpha value is -8.00. The van der Waals surface area contributed by atoms with Crippen LogP contribution in [0.25, 0.3) is 147 Å². The zero-order valence-electron chi connectivity index (χ0n) is 33.0. The molecule has 0 saturated carbocycles. The molecule has 0 atom stereocenters. The van der Waals surface area contributed by atoms with Crippen LogP contribution in [-0.4, -0.2) is 4.57 Å². The summed E-state index contributed by atoms with van der Waals surface area (Å²) in [7, 11) is 0. The Morgan fingerprint density at radius 1 is 0.213 bits per heavy atom. The van der Waals surface area contributed by atoms with Gasteiger partial charge in [0.15, 0.2) is 0 Å². The van der Waals surface area contributed by atoms with Crippen LogP contribution >= 0.6 is 0 Å². The van der Waals surface area contributed by atoms with Gasteiger partial charge in [0.1, 0.15) is 0 Å². The van der Waals surface area contributed by atoms with E-state index in [-0.39, 0.29) is 0 Å². The normalized spacial score (nSPS) is 12.6. The lowest BCUT2D eigenvalue weighted by molar-refractivity contribution is 1.20. The van der Waals surface area contributed by atoms with Gasteiger partial charge in [0.2, 0.25) is 0 Å². The maximum atomic E-state index is 2.56. The molecule has 0 saturated heterocycles. The summed E-state index contributed by atoms with van der Waals surface area (Å²) in [5.74, 6) is 0. The summed E-state index contributed by atoms with van der Waals surface area (Å²) in [5, 5.41) is 26.0. The maximum Gasteiger partial charge on any atom is 0.0548 e. The van der Waals surface area contributed by atoms with Crippen molar-refractivity contribution in [3.05, 3.63) is 200 Å². The third-order valence-corrected chi connectivity index (χ3v) is 14.2. The molecule has 0 aliphatic heterocycles. The minimum atomic E-state index is 1.21. The summed E-state index contributed by atoms with van der Waals surface area (Å²) < 4.78 is 2.56. The third kappa shape index (κ3) is 4.06. The van der Waals surface area contributed by atoms with Crippen LogP contribution < -0.4 is 0 Å². The fraction of sp³-hybridized carbons (Fsp3) is 0. The second-order valence-electron chi connectivity index (χ2n) is 17.1. The largest absolute Gasteiger partial charge is 0.309 e. The van der Waals surface area contributed by atoms with Gasteiger partial charge in [-0.05, 0) is 132 Å². The molecule has 278 valence electrons. The highest BCUT2D eigenvalue weighted by Crippen LogP contribution is 2.49. The number of rotatable bonds is 3. The molecule has 61 heavy (non-hydrogen) atoms. The fourth-order valence-corrected chi connectivity index (χ4v) is 11.6. The zero-order chi connectivity index (χ0) is 39.5. The van der Waals surface area contributed by atoms with Gasteiger partial charge in [-0.15, -0.1) is 0 Å².